The summed E-state index contributed by atoms with van der Waals surface area (Å²) in [6.07, 6.45) is 5.80. The van der Waals surface area contributed by atoms with Crippen molar-refractivity contribution in [1.29, 1.82) is 0 Å². The van der Waals surface area contributed by atoms with Gasteiger partial charge in [0.05, 0.1) is 5.69 Å². The minimum Gasteiger partial charge on any atom is -0.384 e. The number of anilines is 1. The standard InChI is InChI=1S/C13H21N3O2S/c1-3-11-6-5-9-16(11)19(17,18)13-10-14-8-7-12(13)15-4-2/h7-8,10-11H,3-6,9H2,1-2H3,(H,14,15). The number of nitrogens with one attached hydrogen (secondary N) is 1. The van der Waals surface area contributed by atoms with Gasteiger partial charge < -0.3 is 5.32 Å². The summed E-state index contributed by atoms with van der Waals surface area (Å²) in [5.74, 6) is 0. The Morgan fingerprint density at radius 2 is 2.26 bits per heavy atom. The number of rotatable bonds is 5. The summed E-state index contributed by atoms with van der Waals surface area (Å²) in [6, 6.07) is 1.84. The van der Waals surface area contributed by atoms with E-state index in [0.717, 1.165) is 19.3 Å². The maximum atomic E-state index is 12.7. The van der Waals surface area contributed by atoms with Crippen LogP contribution in [0.3, 0.4) is 0 Å². The fourth-order valence-electron chi connectivity index (χ4n) is 2.58. The second kappa shape index (κ2) is 5.88. The van der Waals surface area contributed by atoms with Crippen LogP contribution in [-0.2, 0) is 10.0 Å². The molecule has 19 heavy (non-hydrogen) atoms. The molecule has 2 heterocycles. The van der Waals surface area contributed by atoms with Crippen molar-refractivity contribution in [3.05, 3.63) is 18.5 Å². The first kappa shape index (κ1) is 14.3. The highest BCUT2D eigenvalue weighted by atomic mass is 32.2. The minimum atomic E-state index is -3.44. The van der Waals surface area contributed by atoms with Crippen molar-refractivity contribution in [2.24, 2.45) is 0 Å². The molecule has 1 aromatic rings. The molecule has 0 radical (unpaired) electrons. The van der Waals surface area contributed by atoms with Crippen molar-refractivity contribution in [1.82, 2.24) is 9.29 Å². The van der Waals surface area contributed by atoms with Gasteiger partial charge >= 0.3 is 0 Å². The van der Waals surface area contributed by atoms with Gasteiger partial charge in [-0.2, -0.15) is 4.31 Å². The third-order valence-electron chi connectivity index (χ3n) is 3.53. The van der Waals surface area contributed by atoms with Crippen molar-refractivity contribution in [2.45, 2.75) is 44.0 Å². The zero-order chi connectivity index (χ0) is 13.9. The van der Waals surface area contributed by atoms with Gasteiger partial charge in [-0.3, -0.25) is 4.98 Å². The monoisotopic (exact) mass is 283 g/mol. The number of hydrogen-bond acceptors (Lipinski definition) is 4. The van der Waals surface area contributed by atoms with Gasteiger partial charge in [0, 0.05) is 31.5 Å². The van der Waals surface area contributed by atoms with Crippen LogP contribution >= 0.6 is 0 Å². The molecular formula is C13H21N3O2S. The lowest BCUT2D eigenvalue weighted by molar-refractivity contribution is 0.379. The third kappa shape index (κ3) is 2.74. The molecule has 0 saturated carbocycles. The molecule has 0 bridgehead atoms. The largest absolute Gasteiger partial charge is 0.384 e. The Morgan fingerprint density at radius 3 is 2.95 bits per heavy atom. The fraction of sp³-hybridized carbons (Fsp3) is 0.615. The Hall–Kier alpha value is -1.14. The molecule has 1 atom stereocenters. The first-order valence-electron chi connectivity index (χ1n) is 6.81. The Bertz CT molecular complexity index is 530. The molecule has 1 N–H and O–H groups in total. The summed E-state index contributed by atoms with van der Waals surface area (Å²) in [4.78, 5) is 4.26. The Labute approximate surface area is 115 Å². The first-order chi connectivity index (χ1) is 9.11. The summed E-state index contributed by atoms with van der Waals surface area (Å²) in [5, 5.41) is 3.09. The molecule has 0 aromatic carbocycles. The van der Waals surface area contributed by atoms with Gasteiger partial charge in [0.2, 0.25) is 10.0 Å². The van der Waals surface area contributed by atoms with Crippen LogP contribution in [0.4, 0.5) is 5.69 Å². The van der Waals surface area contributed by atoms with Crippen LogP contribution in [0.15, 0.2) is 23.4 Å². The van der Waals surface area contributed by atoms with Crippen LogP contribution < -0.4 is 5.32 Å². The first-order valence-corrected chi connectivity index (χ1v) is 8.25. The average molecular weight is 283 g/mol. The van der Waals surface area contributed by atoms with Crippen LogP contribution in [0.1, 0.15) is 33.1 Å². The summed E-state index contributed by atoms with van der Waals surface area (Å²) in [5.41, 5.74) is 0.638. The normalized spacial score (nSPS) is 20.6. The molecule has 1 aromatic heterocycles. The third-order valence-corrected chi connectivity index (χ3v) is 5.51. The molecule has 2 rings (SSSR count). The van der Waals surface area contributed by atoms with E-state index in [-0.39, 0.29) is 10.9 Å². The van der Waals surface area contributed by atoms with Gasteiger partial charge in [-0.25, -0.2) is 8.42 Å². The molecular weight excluding hydrogens is 262 g/mol. The SMILES string of the molecule is CCNc1ccncc1S(=O)(=O)N1CCCC1CC. The second-order valence-corrected chi connectivity index (χ2v) is 6.58. The molecule has 1 unspecified atom stereocenters. The predicted octanol–water partition coefficient (Wildman–Crippen LogP) is 2.08. The van der Waals surface area contributed by atoms with E-state index in [9.17, 15) is 8.42 Å². The van der Waals surface area contributed by atoms with E-state index in [2.05, 4.69) is 10.3 Å². The Balaban J connectivity index is 2.39. The zero-order valence-corrected chi connectivity index (χ0v) is 12.3. The summed E-state index contributed by atoms with van der Waals surface area (Å²) >= 11 is 0. The van der Waals surface area contributed by atoms with E-state index in [1.54, 1.807) is 16.6 Å². The minimum absolute atomic E-state index is 0.125. The molecule has 1 aliphatic heterocycles. The highest BCUT2D eigenvalue weighted by molar-refractivity contribution is 7.89. The highest BCUT2D eigenvalue weighted by Gasteiger charge is 2.35. The van der Waals surface area contributed by atoms with E-state index in [1.165, 1.54) is 6.20 Å². The molecule has 1 saturated heterocycles. The lowest BCUT2D eigenvalue weighted by Gasteiger charge is -2.24. The van der Waals surface area contributed by atoms with Gasteiger partial charge in [0.25, 0.3) is 0 Å². The van der Waals surface area contributed by atoms with Crippen molar-refractivity contribution in [2.75, 3.05) is 18.4 Å². The zero-order valence-electron chi connectivity index (χ0n) is 11.5. The predicted molar refractivity (Wildman–Crippen MR) is 75.6 cm³/mol. The molecule has 0 spiro atoms. The van der Waals surface area contributed by atoms with E-state index < -0.39 is 10.0 Å². The maximum Gasteiger partial charge on any atom is 0.246 e. The molecule has 0 amide bonds. The van der Waals surface area contributed by atoms with Gasteiger partial charge in [-0.05, 0) is 32.3 Å². The van der Waals surface area contributed by atoms with E-state index in [0.29, 0.717) is 18.8 Å². The topological polar surface area (TPSA) is 62.3 Å². The number of hydrogen-bond donors (Lipinski definition) is 1. The number of sulfonamides is 1. The quantitative estimate of drug-likeness (QED) is 0.898. The van der Waals surface area contributed by atoms with E-state index in [4.69, 9.17) is 0 Å². The summed E-state index contributed by atoms with van der Waals surface area (Å²) in [7, 11) is -3.44. The molecule has 0 aliphatic carbocycles. The lowest BCUT2D eigenvalue weighted by Crippen LogP contribution is -2.35. The Morgan fingerprint density at radius 1 is 1.47 bits per heavy atom. The van der Waals surface area contributed by atoms with Crippen LogP contribution in [0.5, 0.6) is 0 Å². The van der Waals surface area contributed by atoms with Crippen LogP contribution in [0.2, 0.25) is 0 Å². The summed E-state index contributed by atoms with van der Waals surface area (Å²) < 4.78 is 27.1. The lowest BCUT2D eigenvalue weighted by atomic mass is 10.2. The smallest absolute Gasteiger partial charge is 0.246 e. The van der Waals surface area contributed by atoms with Gasteiger partial charge in [-0.1, -0.05) is 6.92 Å². The van der Waals surface area contributed by atoms with Crippen LogP contribution in [0, 0.1) is 0 Å². The van der Waals surface area contributed by atoms with Crippen molar-refractivity contribution in [3.63, 3.8) is 0 Å². The maximum absolute atomic E-state index is 12.7. The van der Waals surface area contributed by atoms with Gasteiger partial charge in [0.1, 0.15) is 4.90 Å². The number of pyridine rings is 1. The average Bonchev–Trinajstić information content (AvgIpc) is 2.88. The molecule has 5 nitrogen and oxygen atoms in total. The van der Waals surface area contributed by atoms with Gasteiger partial charge in [0.15, 0.2) is 0 Å². The van der Waals surface area contributed by atoms with E-state index >= 15 is 0 Å². The second-order valence-electron chi connectivity index (χ2n) is 4.72. The highest BCUT2D eigenvalue weighted by Crippen LogP contribution is 2.30. The molecule has 1 fully saturated rings. The van der Waals surface area contributed by atoms with Crippen LogP contribution in [-0.4, -0.2) is 36.8 Å². The van der Waals surface area contributed by atoms with Crippen molar-refractivity contribution >= 4 is 15.7 Å². The molecule has 106 valence electrons. The summed E-state index contributed by atoms with van der Waals surface area (Å²) in [6.45, 7) is 5.28. The van der Waals surface area contributed by atoms with Crippen molar-refractivity contribution < 1.29 is 8.42 Å². The molecule has 1 aliphatic rings. The number of aromatic nitrogens is 1. The van der Waals surface area contributed by atoms with Crippen LogP contribution in [0.25, 0.3) is 0 Å². The molecule has 6 heteroatoms. The fourth-order valence-corrected chi connectivity index (χ4v) is 4.46. The Kier molecular flexibility index (Phi) is 4.42. The van der Waals surface area contributed by atoms with Crippen molar-refractivity contribution in [3.8, 4) is 0 Å². The number of nitrogens with zero attached hydrogens (tertiary/aromatic N) is 2. The van der Waals surface area contributed by atoms with E-state index in [1.807, 2.05) is 13.8 Å². The van der Waals surface area contributed by atoms with Gasteiger partial charge in [-0.15, -0.1) is 0 Å².